The fraction of sp³-hybridized carbons (Fsp3) is 0.417. The number of benzene rings is 6. The van der Waals surface area contributed by atoms with E-state index in [1.807, 2.05) is 72.8 Å². The fourth-order valence-electron chi connectivity index (χ4n) is 9.29. The third kappa shape index (κ3) is 27.6. The van der Waals surface area contributed by atoms with Crippen molar-refractivity contribution >= 4 is 63.1 Å². The molecule has 0 aromatic heterocycles. The summed E-state index contributed by atoms with van der Waals surface area (Å²) in [4.78, 5) is 52.9. The van der Waals surface area contributed by atoms with Crippen molar-refractivity contribution in [3.8, 4) is 0 Å². The molecule has 6 rings (SSSR count). The van der Waals surface area contributed by atoms with E-state index in [0.717, 1.165) is 53.0 Å². The molecule has 1 radical (unpaired) electrons. The maximum atomic E-state index is 13.0. The maximum Gasteiger partial charge on any atom is 0.578 e. The number of hydrogen-bond donors (Lipinski definition) is 0. The van der Waals surface area contributed by atoms with Crippen LogP contribution in [0.5, 0.6) is 0 Å². The minimum Gasteiger partial charge on any atom is -0.460 e. The number of hydrogen-bond acceptors (Lipinski definition) is 12. The van der Waals surface area contributed by atoms with Gasteiger partial charge in [0.1, 0.15) is 19.8 Å². The van der Waals surface area contributed by atoms with E-state index in [4.69, 9.17) is 27.5 Å². The molecule has 0 atom stereocenters. The van der Waals surface area contributed by atoms with Crippen molar-refractivity contribution < 1.29 is 41.9 Å². The Kier molecular flexibility index (Phi) is 32.3. The summed E-state index contributed by atoms with van der Waals surface area (Å²) >= 11 is 0. The average molecular weight is 1170 g/mol. The Morgan fingerprint density at radius 3 is 0.824 bits per heavy atom. The highest BCUT2D eigenvalue weighted by Crippen LogP contribution is 2.20. The molecule has 0 aliphatic heterocycles. The Balaban J connectivity index is 0.936. The molecular weight excluding hydrogens is 1080 g/mol. The topological polar surface area (TPSA) is 144 Å². The summed E-state index contributed by atoms with van der Waals surface area (Å²) in [5.74, 6) is -1.55. The second-order valence-electron chi connectivity index (χ2n) is 21.4. The third-order valence-corrected chi connectivity index (χ3v) is 15.7. The van der Waals surface area contributed by atoms with Crippen molar-refractivity contribution in [3.63, 3.8) is 0 Å². The first-order valence-electron chi connectivity index (χ1n) is 31.2. The third-order valence-electron chi connectivity index (χ3n) is 14.4. The summed E-state index contributed by atoms with van der Waals surface area (Å²) in [7, 11) is -2.48. The first-order valence-corrected chi connectivity index (χ1v) is 32.5. The standard InChI is InChI=1S/C72H90N3O9Si/c1-4-7-10-13-16-19-22-58-31-43-67(44-32-58)73-55-61-25-37-64(38-26-61)70(76)79-49-52-82-85(83-53-50-80-71(77)65-39-27-62(28-40-65)56-74-68-45-33-59(34-46-68)23-20-17-14-11-8-5-2)84-54-51-81-72(78)66-41-29-63(30-42-66)57-75-69-47-35-60(36-48-69)24-21-18-15-12-9-6-3/h25-48,55-57H,4-24,49-54H2,1-3H3. The van der Waals surface area contributed by atoms with Crippen molar-refractivity contribution in [3.05, 3.63) is 196 Å². The van der Waals surface area contributed by atoms with E-state index in [2.05, 4.69) is 72.1 Å². The molecule has 0 aliphatic carbocycles. The lowest BCUT2D eigenvalue weighted by molar-refractivity contribution is 0.0184. The quantitative estimate of drug-likeness (QED) is 0.0120. The number of aryl methyl sites for hydroxylation is 3. The summed E-state index contributed by atoms with van der Waals surface area (Å²) < 4.78 is 34.3. The Morgan fingerprint density at radius 2 is 0.565 bits per heavy atom. The zero-order valence-electron chi connectivity index (χ0n) is 50.7. The first-order chi connectivity index (χ1) is 41.8. The van der Waals surface area contributed by atoms with Crippen molar-refractivity contribution in [2.45, 2.75) is 156 Å². The molecule has 451 valence electrons. The summed E-state index contributed by atoms with van der Waals surface area (Å²) in [6.45, 7) is 6.36. The summed E-state index contributed by atoms with van der Waals surface area (Å²) in [5, 5.41) is 0. The lowest BCUT2D eigenvalue weighted by atomic mass is 10.0. The van der Waals surface area contributed by atoms with E-state index in [1.165, 1.54) is 132 Å². The zero-order chi connectivity index (χ0) is 59.8. The van der Waals surface area contributed by atoms with Gasteiger partial charge >= 0.3 is 27.4 Å². The van der Waals surface area contributed by atoms with E-state index in [9.17, 15) is 14.4 Å². The highest BCUT2D eigenvalue weighted by molar-refractivity contribution is 6.36. The molecule has 0 N–H and O–H groups in total. The van der Waals surface area contributed by atoms with Crippen LogP contribution in [0, 0.1) is 0 Å². The van der Waals surface area contributed by atoms with Crippen molar-refractivity contribution in [1.29, 1.82) is 0 Å². The van der Waals surface area contributed by atoms with Gasteiger partial charge in [0, 0.05) is 18.6 Å². The van der Waals surface area contributed by atoms with Crippen LogP contribution < -0.4 is 0 Å². The highest BCUT2D eigenvalue weighted by Gasteiger charge is 2.21. The molecular formula is C72H90N3O9Si. The number of aliphatic imine (C=N–C) groups is 3. The predicted molar refractivity (Wildman–Crippen MR) is 346 cm³/mol. The molecule has 0 saturated heterocycles. The summed E-state index contributed by atoms with van der Waals surface area (Å²) in [6.07, 6.45) is 31.6. The van der Waals surface area contributed by atoms with Gasteiger partial charge in [0.15, 0.2) is 0 Å². The van der Waals surface area contributed by atoms with Gasteiger partial charge in [0.25, 0.3) is 0 Å². The molecule has 12 nitrogen and oxygen atoms in total. The molecule has 0 fully saturated rings. The van der Waals surface area contributed by atoms with Gasteiger partial charge in [0.05, 0.1) is 53.6 Å². The van der Waals surface area contributed by atoms with Crippen LogP contribution in [0.15, 0.2) is 161 Å². The van der Waals surface area contributed by atoms with E-state index in [0.29, 0.717) is 16.7 Å². The van der Waals surface area contributed by atoms with E-state index in [-0.39, 0.29) is 39.6 Å². The molecule has 85 heavy (non-hydrogen) atoms. The minimum absolute atomic E-state index is 0.0392. The van der Waals surface area contributed by atoms with Crippen molar-refractivity contribution in [2.75, 3.05) is 39.6 Å². The Morgan fingerprint density at radius 1 is 0.318 bits per heavy atom. The maximum absolute atomic E-state index is 13.0. The predicted octanol–water partition coefficient (Wildman–Crippen LogP) is 17.6. The minimum atomic E-state index is -2.48. The highest BCUT2D eigenvalue weighted by atomic mass is 28.3. The molecule has 0 unspecified atom stereocenters. The molecule has 0 saturated carbocycles. The normalized spacial score (nSPS) is 11.6. The number of rotatable bonds is 42. The Labute approximate surface area is 508 Å². The SMILES string of the molecule is CCCCCCCCc1ccc(N=Cc2ccc(C(=O)OCCO[Si](OCCOC(=O)c3ccc(C=Nc4ccc(CCCCCCCC)cc4)cc3)OCCOC(=O)c3ccc(C=Nc4ccc(CCCCCCCC)cc4)cc3)cc2)cc1. The zero-order valence-corrected chi connectivity index (χ0v) is 51.7. The number of ether oxygens (including phenoxy) is 3. The number of carbonyl (C=O) groups excluding carboxylic acids is 3. The van der Waals surface area contributed by atoms with Gasteiger partial charge in [-0.25, -0.2) is 14.4 Å². The molecule has 0 bridgehead atoms. The van der Waals surface area contributed by atoms with Gasteiger partial charge in [-0.05, 0) is 145 Å². The van der Waals surface area contributed by atoms with Crippen LogP contribution >= 0.6 is 0 Å². The van der Waals surface area contributed by atoms with Crippen molar-refractivity contribution in [1.82, 2.24) is 0 Å². The number of nitrogens with zero attached hydrogens (tertiary/aromatic N) is 3. The van der Waals surface area contributed by atoms with E-state index < -0.39 is 27.4 Å². The van der Waals surface area contributed by atoms with E-state index >= 15 is 0 Å². The molecule has 6 aromatic carbocycles. The van der Waals surface area contributed by atoms with Crippen LogP contribution in [0.25, 0.3) is 0 Å². The Bertz CT molecular complexity index is 2580. The number of unbranched alkanes of at least 4 members (excludes halogenated alkanes) is 15. The van der Waals surface area contributed by atoms with Gasteiger partial charge in [-0.1, -0.05) is 190 Å². The van der Waals surface area contributed by atoms with Crippen LogP contribution in [0.1, 0.15) is 201 Å². The van der Waals surface area contributed by atoms with Crippen LogP contribution in [-0.2, 0) is 46.8 Å². The van der Waals surface area contributed by atoms with Crippen LogP contribution in [0.4, 0.5) is 17.1 Å². The van der Waals surface area contributed by atoms with Crippen molar-refractivity contribution in [2.24, 2.45) is 15.0 Å². The number of carbonyl (C=O) groups is 3. The smallest absolute Gasteiger partial charge is 0.460 e. The molecule has 0 aliphatic rings. The largest absolute Gasteiger partial charge is 0.578 e. The monoisotopic (exact) mass is 1170 g/mol. The first kappa shape index (κ1) is 67.0. The van der Waals surface area contributed by atoms with Crippen LogP contribution in [-0.4, -0.2) is 85.7 Å². The second-order valence-corrected chi connectivity index (χ2v) is 22.8. The van der Waals surface area contributed by atoms with Crippen LogP contribution in [0.2, 0.25) is 0 Å². The number of esters is 3. The lowest BCUT2D eigenvalue weighted by Gasteiger charge is -2.15. The van der Waals surface area contributed by atoms with Gasteiger partial charge in [-0.2, -0.15) is 0 Å². The summed E-state index contributed by atoms with van der Waals surface area (Å²) in [6, 6.07) is 46.1. The summed E-state index contributed by atoms with van der Waals surface area (Å²) in [5.41, 5.74) is 10.2. The molecule has 6 aromatic rings. The Hall–Kier alpha value is -7.16. The second kappa shape index (κ2) is 41.0. The lowest BCUT2D eigenvalue weighted by Crippen LogP contribution is -2.32. The molecule has 0 heterocycles. The van der Waals surface area contributed by atoms with Gasteiger partial charge < -0.3 is 27.5 Å². The van der Waals surface area contributed by atoms with Gasteiger partial charge in [-0.15, -0.1) is 0 Å². The molecule has 13 heteroatoms. The fourth-order valence-corrected chi connectivity index (χ4v) is 10.3. The van der Waals surface area contributed by atoms with Gasteiger partial charge in [0.2, 0.25) is 0 Å². The van der Waals surface area contributed by atoms with Gasteiger partial charge in [-0.3, -0.25) is 15.0 Å². The van der Waals surface area contributed by atoms with Crippen LogP contribution in [0.3, 0.4) is 0 Å². The molecule has 0 spiro atoms. The van der Waals surface area contributed by atoms with E-state index in [1.54, 1.807) is 55.0 Å². The average Bonchev–Trinajstić information content (AvgIpc) is 3.64. The molecule has 0 amide bonds.